The van der Waals surface area contributed by atoms with Crippen molar-refractivity contribution in [3.8, 4) is 0 Å². The third-order valence-electron chi connectivity index (χ3n) is 5.82. The van der Waals surface area contributed by atoms with Crippen molar-refractivity contribution in [1.82, 2.24) is 10.2 Å². The van der Waals surface area contributed by atoms with Gasteiger partial charge in [-0.15, -0.1) is 0 Å². The van der Waals surface area contributed by atoms with Crippen molar-refractivity contribution < 1.29 is 19.1 Å². The van der Waals surface area contributed by atoms with Crippen LogP contribution in [0.15, 0.2) is 66.2 Å². The summed E-state index contributed by atoms with van der Waals surface area (Å²) >= 11 is 11.2. The molecule has 0 radical (unpaired) electrons. The maximum absolute atomic E-state index is 13.1. The Morgan fingerprint density at radius 1 is 1.15 bits per heavy atom. The van der Waals surface area contributed by atoms with Gasteiger partial charge in [0.1, 0.15) is 12.2 Å². The number of thiocarbonyl (C=S) groups is 1. The first-order valence-corrected chi connectivity index (χ1v) is 11.8. The van der Waals surface area contributed by atoms with Crippen molar-refractivity contribution in [3.05, 3.63) is 76.8 Å². The fourth-order valence-electron chi connectivity index (χ4n) is 4.05. The minimum atomic E-state index is -0.518. The number of halogens is 1. The Labute approximate surface area is 208 Å². The third-order valence-corrected chi connectivity index (χ3v) is 6.36. The summed E-state index contributed by atoms with van der Waals surface area (Å²) in [5.74, 6) is -0.884. The number of carbonyl (C=O) groups excluding carboxylic acids is 3. The zero-order valence-electron chi connectivity index (χ0n) is 18.4. The summed E-state index contributed by atoms with van der Waals surface area (Å²) in [4.78, 5) is 41.1. The lowest BCUT2D eigenvalue weighted by Crippen LogP contribution is -2.54. The maximum atomic E-state index is 13.1. The fraction of sp³-hybridized carbons (Fsp3) is 0.280. The number of amides is 3. The average Bonchev–Trinajstić information content (AvgIpc) is 2.84. The van der Waals surface area contributed by atoms with E-state index in [-0.39, 0.29) is 29.3 Å². The summed E-state index contributed by atoms with van der Waals surface area (Å²) in [6.45, 7) is 1.35. The predicted octanol–water partition coefficient (Wildman–Crippen LogP) is 4.45. The SMILES string of the molecule is O=C1NC(=S)N(c2ccc(Cl)cc2)C(=O)/C1=C/CC1CCCN(C(=O)OCc2ccccc2)C1. The van der Waals surface area contributed by atoms with E-state index in [0.29, 0.717) is 30.2 Å². The molecule has 1 atom stereocenters. The van der Waals surface area contributed by atoms with Gasteiger partial charge in [-0.2, -0.15) is 0 Å². The topological polar surface area (TPSA) is 79.0 Å². The van der Waals surface area contributed by atoms with Crippen LogP contribution in [0.2, 0.25) is 5.02 Å². The Kier molecular flexibility index (Phi) is 7.59. The Bertz CT molecular complexity index is 1120. The maximum Gasteiger partial charge on any atom is 0.410 e. The quantitative estimate of drug-likeness (QED) is 0.375. The van der Waals surface area contributed by atoms with Crippen LogP contribution in [0.25, 0.3) is 0 Å². The number of ether oxygens (including phenoxy) is 1. The molecule has 0 aromatic heterocycles. The molecule has 2 heterocycles. The molecule has 2 aromatic rings. The zero-order chi connectivity index (χ0) is 24.1. The van der Waals surface area contributed by atoms with Gasteiger partial charge in [0.2, 0.25) is 0 Å². The molecule has 2 aliphatic rings. The first-order chi connectivity index (χ1) is 16.4. The number of allylic oxidation sites excluding steroid dienone is 1. The molecule has 1 unspecified atom stereocenters. The van der Waals surface area contributed by atoms with Crippen LogP contribution in [-0.2, 0) is 20.9 Å². The van der Waals surface area contributed by atoms with Crippen molar-refractivity contribution in [3.63, 3.8) is 0 Å². The molecular formula is C25H24ClN3O4S. The van der Waals surface area contributed by atoms with Crippen molar-refractivity contribution in [2.75, 3.05) is 18.0 Å². The lowest BCUT2D eigenvalue weighted by Gasteiger charge is -2.32. The second-order valence-corrected chi connectivity index (χ2v) is 9.05. The number of likely N-dealkylation sites (tertiary alicyclic amines) is 1. The molecule has 2 aromatic carbocycles. The minimum Gasteiger partial charge on any atom is -0.445 e. The third kappa shape index (κ3) is 5.63. The number of hydrogen-bond acceptors (Lipinski definition) is 5. The number of rotatable bonds is 5. The number of anilines is 1. The second kappa shape index (κ2) is 10.8. The van der Waals surface area contributed by atoms with E-state index in [1.807, 2.05) is 30.3 Å². The summed E-state index contributed by atoms with van der Waals surface area (Å²) in [5.41, 5.74) is 1.49. The van der Waals surface area contributed by atoms with Gasteiger partial charge >= 0.3 is 6.09 Å². The molecule has 1 N–H and O–H groups in total. The second-order valence-electron chi connectivity index (χ2n) is 8.22. The summed E-state index contributed by atoms with van der Waals surface area (Å²) in [5, 5.41) is 3.14. The standard InChI is InChI=1S/C25H24ClN3O4S/c26-19-9-11-20(12-10-19)29-23(31)21(22(30)27-24(29)34)13-8-17-7-4-14-28(15-17)25(32)33-16-18-5-2-1-3-6-18/h1-3,5-6,9-13,17H,4,7-8,14-16H2,(H,27,30,34)/b21-13+. The first-order valence-electron chi connectivity index (χ1n) is 11.0. The van der Waals surface area contributed by atoms with Gasteiger partial charge in [0.05, 0.1) is 5.69 Å². The van der Waals surface area contributed by atoms with E-state index < -0.39 is 11.8 Å². The van der Waals surface area contributed by atoms with Gasteiger partial charge in [-0.1, -0.05) is 48.0 Å². The fourth-order valence-corrected chi connectivity index (χ4v) is 4.46. The van der Waals surface area contributed by atoms with Gasteiger partial charge in [-0.3, -0.25) is 19.8 Å². The van der Waals surface area contributed by atoms with E-state index in [2.05, 4.69) is 5.32 Å². The molecule has 34 heavy (non-hydrogen) atoms. The molecule has 0 aliphatic carbocycles. The Morgan fingerprint density at radius 3 is 2.62 bits per heavy atom. The number of piperidine rings is 1. The summed E-state index contributed by atoms with van der Waals surface area (Å²) < 4.78 is 5.45. The highest BCUT2D eigenvalue weighted by molar-refractivity contribution is 7.80. The summed E-state index contributed by atoms with van der Waals surface area (Å²) in [6, 6.07) is 16.2. The van der Waals surface area contributed by atoms with E-state index in [9.17, 15) is 14.4 Å². The monoisotopic (exact) mass is 497 g/mol. The highest BCUT2D eigenvalue weighted by Gasteiger charge is 2.34. The predicted molar refractivity (Wildman–Crippen MR) is 133 cm³/mol. The number of nitrogens with one attached hydrogen (secondary N) is 1. The highest BCUT2D eigenvalue weighted by atomic mass is 35.5. The molecule has 176 valence electrons. The first kappa shape index (κ1) is 23.9. The molecule has 0 bridgehead atoms. The van der Waals surface area contributed by atoms with E-state index >= 15 is 0 Å². The van der Waals surface area contributed by atoms with Crippen LogP contribution in [0.4, 0.5) is 10.5 Å². The van der Waals surface area contributed by atoms with Crippen LogP contribution >= 0.6 is 23.8 Å². The van der Waals surface area contributed by atoms with Crippen molar-refractivity contribution >= 4 is 52.5 Å². The summed E-state index contributed by atoms with van der Waals surface area (Å²) in [6.07, 6.45) is 3.49. The molecule has 9 heteroatoms. The molecule has 3 amide bonds. The number of nitrogens with zero attached hydrogens (tertiary/aromatic N) is 2. The lowest BCUT2D eigenvalue weighted by atomic mass is 9.93. The molecule has 7 nitrogen and oxygen atoms in total. The van der Waals surface area contributed by atoms with E-state index in [1.165, 1.54) is 4.90 Å². The number of hydrogen-bond donors (Lipinski definition) is 1. The molecule has 2 saturated heterocycles. The molecule has 4 rings (SSSR count). The van der Waals surface area contributed by atoms with Crippen LogP contribution in [-0.4, -0.2) is 41.0 Å². The van der Waals surface area contributed by atoms with Crippen molar-refractivity contribution in [2.24, 2.45) is 5.92 Å². The Morgan fingerprint density at radius 2 is 1.88 bits per heavy atom. The highest BCUT2D eigenvalue weighted by Crippen LogP contribution is 2.25. The van der Waals surface area contributed by atoms with Gasteiger partial charge < -0.3 is 9.64 Å². The molecular weight excluding hydrogens is 474 g/mol. The van der Waals surface area contributed by atoms with Crippen LogP contribution in [0.3, 0.4) is 0 Å². The van der Waals surface area contributed by atoms with Crippen LogP contribution < -0.4 is 10.2 Å². The van der Waals surface area contributed by atoms with Crippen LogP contribution in [0.1, 0.15) is 24.8 Å². The Hall–Kier alpha value is -3.23. The van der Waals surface area contributed by atoms with E-state index in [0.717, 1.165) is 18.4 Å². The number of carbonyl (C=O) groups is 3. The van der Waals surface area contributed by atoms with Crippen molar-refractivity contribution in [1.29, 1.82) is 0 Å². The summed E-state index contributed by atoms with van der Waals surface area (Å²) in [7, 11) is 0. The van der Waals surface area contributed by atoms with Crippen LogP contribution in [0.5, 0.6) is 0 Å². The van der Waals surface area contributed by atoms with Crippen molar-refractivity contribution in [2.45, 2.75) is 25.9 Å². The van der Waals surface area contributed by atoms with Gasteiger partial charge in [-0.25, -0.2) is 4.79 Å². The molecule has 2 fully saturated rings. The van der Waals surface area contributed by atoms with Gasteiger partial charge in [0.15, 0.2) is 5.11 Å². The Balaban J connectivity index is 1.38. The zero-order valence-corrected chi connectivity index (χ0v) is 20.0. The van der Waals surface area contributed by atoms with Gasteiger partial charge in [0.25, 0.3) is 11.8 Å². The van der Waals surface area contributed by atoms with Crippen LogP contribution in [0, 0.1) is 5.92 Å². The molecule has 2 aliphatic heterocycles. The van der Waals surface area contributed by atoms with E-state index in [1.54, 1.807) is 35.2 Å². The lowest BCUT2D eigenvalue weighted by molar-refractivity contribution is -0.122. The van der Waals surface area contributed by atoms with Gasteiger partial charge in [-0.05, 0) is 67.2 Å². The normalized spacial score (nSPS) is 19.9. The average molecular weight is 498 g/mol. The largest absolute Gasteiger partial charge is 0.445 e. The van der Waals surface area contributed by atoms with Gasteiger partial charge in [0, 0.05) is 18.1 Å². The smallest absolute Gasteiger partial charge is 0.410 e. The number of benzene rings is 2. The van der Waals surface area contributed by atoms with E-state index in [4.69, 9.17) is 28.6 Å². The molecule has 0 saturated carbocycles. The molecule has 0 spiro atoms. The minimum absolute atomic E-state index is 0.0273.